The van der Waals surface area contributed by atoms with Crippen LogP contribution in [0.4, 0.5) is 0 Å². The van der Waals surface area contributed by atoms with Gasteiger partial charge in [-0.05, 0) is 20.3 Å². The SMILES string of the molecule is CCOCCCn1nnc(CC#N)c1C(C)OC. The van der Waals surface area contributed by atoms with Crippen molar-refractivity contribution in [1.82, 2.24) is 15.0 Å². The molecule has 0 amide bonds. The molecular formula is C12H20N4O2. The summed E-state index contributed by atoms with van der Waals surface area (Å²) in [4.78, 5) is 0. The number of rotatable bonds is 8. The lowest BCUT2D eigenvalue weighted by atomic mass is 10.2. The van der Waals surface area contributed by atoms with Crippen molar-refractivity contribution in [2.45, 2.75) is 39.3 Å². The Hall–Kier alpha value is -1.45. The molecule has 1 aromatic rings. The molecule has 6 heteroatoms. The molecular weight excluding hydrogens is 232 g/mol. The maximum atomic E-state index is 8.77. The number of nitriles is 1. The fourth-order valence-electron chi connectivity index (χ4n) is 1.74. The quantitative estimate of drug-likeness (QED) is 0.655. The first-order valence-corrected chi connectivity index (χ1v) is 6.14. The summed E-state index contributed by atoms with van der Waals surface area (Å²) < 4.78 is 12.4. The molecule has 0 bridgehead atoms. The van der Waals surface area contributed by atoms with Crippen molar-refractivity contribution < 1.29 is 9.47 Å². The molecule has 0 spiro atoms. The van der Waals surface area contributed by atoms with E-state index in [1.807, 2.05) is 13.8 Å². The van der Waals surface area contributed by atoms with E-state index in [1.165, 1.54) is 0 Å². The van der Waals surface area contributed by atoms with E-state index in [0.717, 1.165) is 25.3 Å². The van der Waals surface area contributed by atoms with Crippen molar-refractivity contribution in [3.8, 4) is 6.07 Å². The van der Waals surface area contributed by atoms with Crippen molar-refractivity contribution in [2.75, 3.05) is 20.3 Å². The van der Waals surface area contributed by atoms with Gasteiger partial charge in [-0.2, -0.15) is 5.26 Å². The summed E-state index contributed by atoms with van der Waals surface area (Å²) in [7, 11) is 1.64. The van der Waals surface area contributed by atoms with Crippen molar-refractivity contribution >= 4 is 0 Å². The van der Waals surface area contributed by atoms with E-state index in [9.17, 15) is 0 Å². The number of ether oxygens (including phenoxy) is 2. The van der Waals surface area contributed by atoms with Gasteiger partial charge in [0.25, 0.3) is 0 Å². The first kappa shape index (κ1) is 14.6. The minimum absolute atomic E-state index is 0.115. The zero-order valence-corrected chi connectivity index (χ0v) is 11.2. The molecule has 100 valence electrons. The Balaban J connectivity index is 2.74. The van der Waals surface area contributed by atoms with Crippen LogP contribution in [0, 0.1) is 11.3 Å². The molecule has 0 aliphatic heterocycles. The maximum Gasteiger partial charge on any atom is 0.103 e. The second-order valence-electron chi connectivity index (χ2n) is 3.91. The molecule has 0 N–H and O–H groups in total. The Labute approximate surface area is 107 Å². The lowest BCUT2D eigenvalue weighted by Gasteiger charge is -2.13. The van der Waals surface area contributed by atoms with Gasteiger partial charge in [-0.15, -0.1) is 5.10 Å². The van der Waals surface area contributed by atoms with Crippen LogP contribution in [0.3, 0.4) is 0 Å². The van der Waals surface area contributed by atoms with E-state index < -0.39 is 0 Å². The third kappa shape index (κ3) is 3.79. The zero-order chi connectivity index (χ0) is 13.4. The fourth-order valence-corrected chi connectivity index (χ4v) is 1.74. The van der Waals surface area contributed by atoms with Gasteiger partial charge in [0.05, 0.1) is 24.3 Å². The van der Waals surface area contributed by atoms with Crippen LogP contribution in [0.2, 0.25) is 0 Å². The van der Waals surface area contributed by atoms with Gasteiger partial charge >= 0.3 is 0 Å². The number of hydrogen-bond acceptors (Lipinski definition) is 5. The summed E-state index contributed by atoms with van der Waals surface area (Å²) in [5.74, 6) is 0. The van der Waals surface area contributed by atoms with Gasteiger partial charge in [0.1, 0.15) is 5.69 Å². The number of aryl methyl sites for hydroxylation is 1. The molecule has 0 aliphatic carbocycles. The number of aromatic nitrogens is 3. The number of nitrogens with zero attached hydrogens (tertiary/aromatic N) is 4. The van der Waals surface area contributed by atoms with E-state index in [1.54, 1.807) is 11.8 Å². The van der Waals surface area contributed by atoms with Crippen LogP contribution in [-0.4, -0.2) is 35.3 Å². The summed E-state index contributed by atoms with van der Waals surface area (Å²) in [6.45, 7) is 6.04. The van der Waals surface area contributed by atoms with Gasteiger partial charge in [-0.1, -0.05) is 5.21 Å². The van der Waals surface area contributed by atoms with Crippen LogP contribution in [0.25, 0.3) is 0 Å². The van der Waals surface area contributed by atoms with Crippen LogP contribution in [0.15, 0.2) is 0 Å². The normalized spacial score (nSPS) is 12.3. The molecule has 18 heavy (non-hydrogen) atoms. The van der Waals surface area contributed by atoms with Crippen LogP contribution in [-0.2, 0) is 22.4 Å². The molecule has 1 rings (SSSR count). The predicted octanol–water partition coefficient (Wildman–Crippen LogP) is 1.48. The number of hydrogen-bond donors (Lipinski definition) is 0. The molecule has 1 aromatic heterocycles. The summed E-state index contributed by atoms with van der Waals surface area (Å²) in [6.07, 6.45) is 1.01. The molecule has 0 aromatic carbocycles. The second kappa shape index (κ2) is 7.80. The van der Waals surface area contributed by atoms with E-state index in [-0.39, 0.29) is 12.5 Å². The van der Waals surface area contributed by atoms with E-state index in [0.29, 0.717) is 12.3 Å². The van der Waals surface area contributed by atoms with Gasteiger partial charge in [0, 0.05) is 26.9 Å². The van der Waals surface area contributed by atoms with Gasteiger partial charge in [-0.25, -0.2) is 4.68 Å². The summed E-state index contributed by atoms with van der Waals surface area (Å²) in [5, 5.41) is 16.9. The molecule has 0 fully saturated rings. The highest BCUT2D eigenvalue weighted by molar-refractivity contribution is 5.16. The lowest BCUT2D eigenvalue weighted by molar-refractivity contribution is 0.108. The lowest BCUT2D eigenvalue weighted by Crippen LogP contribution is -2.12. The third-order valence-electron chi connectivity index (χ3n) is 2.69. The van der Waals surface area contributed by atoms with E-state index in [4.69, 9.17) is 14.7 Å². The fraction of sp³-hybridized carbons (Fsp3) is 0.750. The Bertz CT molecular complexity index is 397. The monoisotopic (exact) mass is 252 g/mol. The second-order valence-corrected chi connectivity index (χ2v) is 3.91. The highest BCUT2D eigenvalue weighted by Gasteiger charge is 2.18. The first-order chi connectivity index (χ1) is 8.74. The van der Waals surface area contributed by atoms with Crippen LogP contribution >= 0.6 is 0 Å². The van der Waals surface area contributed by atoms with Crippen LogP contribution in [0.1, 0.15) is 37.8 Å². The Kier molecular flexibility index (Phi) is 6.33. The number of methoxy groups -OCH3 is 1. The Morgan fingerprint density at radius 1 is 1.50 bits per heavy atom. The van der Waals surface area contributed by atoms with Crippen molar-refractivity contribution in [1.29, 1.82) is 5.26 Å². The van der Waals surface area contributed by atoms with Gasteiger partial charge in [0.2, 0.25) is 0 Å². The van der Waals surface area contributed by atoms with Gasteiger partial charge in [-0.3, -0.25) is 0 Å². The Morgan fingerprint density at radius 2 is 2.28 bits per heavy atom. The maximum absolute atomic E-state index is 8.77. The molecule has 0 saturated carbocycles. The van der Waals surface area contributed by atoms with Crippen molar-refractivity contribution in [3.63, 3.8) is 0 Å². The predicted molar refractivity (Wildman–Crippen MR) is 65.9 cm³/mol. The van der Waals surface area contributed by atoms with Crippen LogP contribution in [0.5, 0.6) is 0 Å². The van der Waals surface area contributed by atoms with E-state index >= 15 is 0 Å². The van der Waals surface area contributed by atoms with E-state index in [2.05, 4.69) is 16.4 Å². The highest BCUT2D eigenvalue weighted by Crippen LogP contribution is 2.19. The molecule has 0 aliphatic rings. The molecule has 1 unspecified atom stereocenters. The molecule has 1 atom stereocenters. The highest BCUT2D eigenvalue weighted by atomic mass is 16.5. The largest absolute Gasteiger partial charge is 0.382 e. The van der Waals surface area contributed by atoms with Gasteiger partial charge < -0.3 is 9.47 Å². The van der Waals surface area contributed by atoms with Crippen molar-refractivity contribution in [2.24, 2.45) is 0 Å². The molecule has 1 heterocycles. The average molecular weight is 252 g/mol. The van der Waals surface area contributed by atoms with Gasteiger partial charge in [0.15, 0.2) is 0 Å². The minimum atomic E-state index is -0.115. The molecule has 6 nitrogen and oxygen atoms in total. The molecule has 0 saturated heterocycles. The third-order valence-corrected chi connectivity index (χ3v) is 2.69. The Morgan fingerprint density at radius 3 is 2.89 bits per heavy atom. The summed E-state index contributed by atoms with van der Waals surface area (Å²) in [5.41, 5.74) is 1.58. The van der Waals surface area contributed by atoms with Crippen molar-refractivity contribution in [3.05, 3.63) is 11.4 Å². The summed E-state index contributed by atoms with van der Waals surface area (Å²) >= 11 is 0. The smallest absolute Gasteiger partial charge is 0.103 e. The molecule has 0 radical (unpaired) electrons. The topological polar surface area (TPSA) is 73.0 Å². The average Bonchev–Trinajstić information content (AvgIpc) is 2.77. The first-order valence-electron chi connectivity index (χ1n) is 6.14. The standard InChI is InChI=1S/C12H20N4O2/c1-4-18-9-5-8-16-12(10(2)17-3)11(6-7-13)14-15-16/h10H,4-6,8-9H2,1-3H3. The minimum Gasteiger partial charge on any atom is -0.382 e. The zero-order valence-electron chi connectivity index (χ0n) is 11.2. The summed E-state index contributed by atoms with van der Waals surface area (Å²) in [6, 6.07) is 2.10. The van der Waals surface area contributed by atoms with Crippen LogP contribution < -0.4 is 0 Å².